The second-order valence-corrected chi connectivity index (χ2v) is 19.2. The van der Waals surface area contributed by atoms with Gasteiger partial charge in [-0.2, -0.15) is 0 Å². The molecule has 0 radical (unpaired) electrons. The van der Waals surface area contributed by atoms with Crippen LogP contribution >= 0.6 is 0 Å². The molecule has 6 nitrogen and oxygen atoms in total. The number of ether oxygens (including phenoxy) is 3. The zero-order valence-electron chi connectivity index (χ0n) is 45.3. The molecule has 69 heavy (non-hydrogen) atoms. The molecular formula is C63H108O6. The number of unbranched alkanes of at least 4 members (excludes halogenated alkanes) is 27. The van der Waals surface area contributed by atoms with Crippen LogP contribution in [-0.4, -0.2) is 37.2 Å². The van der Waals surface area contributed by atoms with Crippen molar-refractivity contribution < 1.29 is 28.6 Å². The molecule has 0 aromatic carbocycles. The molecule has 0 amide bonds. The predicted molar refractivity (Wildman–Crippen MR) is 297 cm³/mol. The largest absolute Gasteiger partial charge is 0.462 e. The van der Waals surface area contributed by atoms with Crippen LogP contribution in [0.4, 0.5) is 0 Å². The highest BCUT2D eigenvalue weighted by atomic mass is 16.6. The van der Waals surface area contributed by atoms with Crippen LogP contribution in [-0.2, 0) is 28.6 Å². The van der Waals surface area contributed by atoms with Crippen molar-refractivity contribution in [2.24, 2.45) is 0 Å². The van der Waals surface area contributed by atoms with Crippen molar-refractivity contribution in [2.45, 2.75) is 284 Å². The van der Waals surface area contributed by atoms with Crippen molar-refractivity contribution in [1.82, 2.24) is 0 Å². The normalized spacial score (nSPS) is 12.7. The third-order valence-electron chi connectivity index (χ3n) is 12.4. The number of esters is 3. The fraction of sp³-hybridized carbons (Fsp3) is 0.730. The first kappa shape index (κ1) is 65.6. The Morgan fingerprint density at radius 1 is 0.304 bits per heavy atom. The Hall–Kier alpha value is -3.41. The molecule has 1 atom stereocenters. The van der Waals surface area contributed by atoms with Gasteiger partial charge in [-0.3, -0.25) is 14.4 Å². The van der Waals surface area contributed by atoms with Crippen LogP contribution < -0.4 is 0 Å². The molecule has 0 spiro atoms. The van der Waals surface area contributed by atoms with Crippen LogP contribution in [0.1, 0.15) is 278 Å². The van der Waals surface area contributed by atoms with Crippen LogP contribution in [0.15, 0.2) is 85.1 Å². The van der Waals surface area contributed by atoms with Crippen molar-refractivity contribution in [3.63, 3.8) is 0 Å². The number of carbonyl (C=O) groups is 3. The zero-order chi connectivity index (χ0) is 50.0. The predicted octanol–water partition coefficient (Wildman–Crippen LogP) is 19.5. The molecule has 0 rings (SSSR count). The molecule has 0 bridgehead atoms. The molecule has 0 aromatic rings. The Balaban J connectivity index is 4.12. The number of carbonyl (C=O) groups excluding carboxylic acids is 3. The first-order chi connectivity index (χ1) is 34.0. The van der Waals surface area contributed by atoms with Gasteiger partial charge in [0.05, 0.1) is 0 Å². The second-order valence-electron chi connectivity index (χ2n) is 19.2. The monoisotopic (exact) mass is 961 g/mol. The fourth-order valence-corrected chi connectivity index (χ4v) is 8.07. The summed E-state index contributed by atoms with van der Waals surface area (Å²) in [7, 11) is 0. The molecule has 0 heterocycles. The van der Waals surface area contributed by atoms with E-state index >= 15 is 0 Å². The second kappa shape index (κ2) is 57.2. The lowest BCUT2D eigenvalue weighted by Crippen LogP contribution is -2.30. The van der Waals surface area contributed by atoms with E-state index in [1.807, 2.05) is 0 Å². The maximum Gasteiger partial charge on any atom is 0.306 e. The van der Waals surface area contributed by atoms with Crippen molar-refractivity contribution in [1.29, 1.82) is 0 Å². The Morgan fingerprint density at radius 3 is 0.884 bits per heavy atom. The summed E-state index contributed by atoms with van der Waals surface area (Å²) < 4.78 is 16.8. The summed E-state index contributed by atoms with van der Waals surface area (Å²) >= 11 is 0. The van der Waals surface area contributed by atoms with Gasteiger partial charge in [0.1, 0.15) is 13.2 Å². The summed E-state index contributed by atoms with van der Waals surface area (Å²) in [5.41, 5.74) is 0. The Morgan fingerprint density at radius 2 is 0.565 bits per heavy atom. The summed E-state index contributed by atoms with van der Waals surface area (Å²) in [6.45, 7) is 6.50. The first-order valence-corrected chi connectivity index (χ1v) is 29.1. The molecule has 0 N–H and O–H groups in total. The number of rotatable bonds is 52. The molecule has 0 aromatic heterocycles. The third-order valence-corrected chi connectivity index (χ3v) is 12.4. The van der Waals surface area contributed by atoms with Gasteiger partial charge in [-0.25, -0.2) is 0 Å². The highest BCUT2D eigenvalue weighted by molar-refractivity contribution is 5.71. The van der Waals surface area contributed by atoms with Gasteiger partial charge < -0.3 is 14.2 Å². The third kappa shape index (κ3) is 55.4. The van der Waals surface area contributed by atoms with Crippen LogP contribution in [0.25, 0.3) is 0 Å². The molecule has 6 heteroatoms. The van der Waals surface area contributed by atoms with Gasteiger partial charge in [-0.1, -0.05) is 266 Å². The topological polar surface area (TPSA) is 78.9 Å². The summed E-state index contributed by atoms with van der Waals surface area (Å²) in [4.78, 5) is 37.9. The van der Waals surface area contributed by atoms with Crippen LogP contribution in [0.3, 0.4) is 0 Å². The van der Waals surface area contributed by atoms with E-state index < -0.39 is 6.10 Å². The van der Waals surface area contributed by atoms with E-state index in [0.717, 1.165) is 109 Å². The van der Waals surface area contributed by atoms with Crippen molar-refractivity contribution in [3.05, 3.63) is 85.1 Å². The maximum atomic E-state index is 12.8. The fourth-order valence-electron chi connectivity index (χ4n) is 8.07. The summed E-state index contributed by atoms with van der Waals surface area (Å²) in [6.07, 6.45) is 74.5. The SMILES string of the molecule is CC/C=C\C/C=C\C/C=C\C/C=C\C/C=C\C/C=C\C/C=C\CCCCCCCCCCCC(=O)OCC(COC(=O)CCCCCCCCCC)OC(=O)CCCCCCCCCCCCCC. The standard InChI is InChI=1S/C63H108O6/c1-4-7-10-13-16-19-21-23-24-25-26-27-28-29-30-31-32-33-34-35-36-37-38-39-40-41-43-44-47-50-53-56-62(65)68-59-60(58-67-61(64)55-52-49-46-18-15-12-9-6-3)69-63(66)57-54-51-48-45-42-22-20-17-14-11-8-5-2/h7,10,16,19,23-24,26-27,29-30,32-33,35-36,60H,4-6,8-9,11-15,17-18,20-22,25,28,31,34,37-59H2,1-3H3/b10-7-,19-16-,24-23-,27-26-,30-29-,33-32-,36-35-. The van der Waals surface area contributed by atoms with Crippen molar-refractivity contribution in [2.75, 3.05) is 13.2 Å². The van der Waals surface area contributed by atoms with Gasteiger partial charge in [0.15, 0.2) is 6.10 Å². The first-order valence-electron chi connectivity index (χ1n) is 29.1. The summed E-state index contributed by atoms with van der Waals surface area (Å²) in [5.74, 6) is -0.879. The molecule has 0 aliphatic carbocycles. The lowest BCUT2D eigenvalue weighted by molar-refractivity contribution is -0.167. The lowest BCUT2D eigenvalue weighted by Gasteiger charge is -2.18. The van der Waals surface area contributed by atoms with Crippen molar-refractivity contribution in [3.8, 4) is 0 Å². The minimum Gasteiger partial charge on any atom is -0.462 e. The van der Waals surface area contributed by atoms with E-state index in [0.29, 0.717) is 19.3 Å². The number of hydrogen-bond donors (Lipinski definition) is 0. The Labute approximate surface area is 426 Å². The quantitative estimate of drug-likeness (QED) is 0.0262. The van der Waals surface area contributed by atoms with Gasteiger partial charge in [-0.15, -0.1) is 0 Å². The van der Waals surface area contributed by atoms with Crippen LogP contribution in [0.2, 0.25) is 0 Å². The van der Waals surface area contributed by atoms with Crippen LogP contribution in [0.5, 0.6) is 0 Å². The van der Waals surface area contributed by atoms with Gasteiger partial charge in [0.25, 0.3) is 0 Å². The Kier molecular flexibility index (Phi) is 54.3. The molecular weight excluding hydrogens is 853 g/mol. The molecule has 0 aliphatic rings. The van der Waals surface area contributed by atoms with E-state index in [1.54, 1.807) is 0 Å². The van der Waals surface area contributed by atoms with E-state index in [-0.39, 0.29) is 31.1 Å². The van der Waals surface area contributed by atoms with E-state index in [1.165, 1.54) is 128 Å². The summed E-state index contributed by atoms with van der Waals surface area (Å²) in [5, 5.41) is 0. The Bertz CT molecular complexity index is 1330. The molecule has 0 aliphatic heterocycles. The van der Waals surface area contributed by atoms with E-state index in [2.05, 4.69) is 106 Å². The highest BCUT2D eigenvalue weighted by Crippen LogP contribution is 2.16. The van der Waals surface area contributed by atoms with E-state index in [4.69, 9.17) is 14.2 Å². The molecule has 396 valence electrons. The maximum absolute atomic E-state index is 12.8. The van der Waals surface area contributed by atoms with Crippen LogP contribution in [0, 0.1) is 0 Å². The molecule has 0 saturated heterocycles. The lowest BCUT2D eigenvalue weighted by atomic mass is 10.0. The van der Waals surface area contributed by atoms with Gasteiger partial charge in [-0.05, 0) is 77.0 Å². The van der Waals surface area contributed by atoms with Gasteiger partial charge in [0.2, 0.25) is 0 Å². The van der Waals surface area contributed by atoms with E-state index in [9.17, 15) is 14.4 Å². The highest BCUT2D eigenvalue weighted by Gasteiger charge is 2.19. The smallest absolute Gasteiger partial charge is 0.306 e. The number of hydrogen-bond acceptors (Lipinski definition) is 6. The average Bonchev–Trinajstić information content (AvgIpc) is 3.35. The average molecular weight is 962 g/mol. The summed E-state index contributed by atoms with van der Waals surface area (Å²) in [6, 6.07) is 0. The number of allylic oxidation sites excluding steroid dienone is 14. The minimum absolute atomic E-state index is 0.0743. The van der Waals surface area contributed by atoms with Gasteiger partial charge >= 0.3 is 17.9 Å². The molecule has 1 unspecified atom stereocenters. The van der Waals surface area contributed by atoms with Crippen molar-refractivity contribution >= 4 is 17.9 Å². The molecule has 0 saturated carbocycles. The zero-order valence-corrected chi connectivity index (χ0v) is 45.3. The van der Waals surface area contributed by atoms with Gasteiger partial charge in [0, 0.05) is 19.3 Å². The minimum atomic E-state index is -0.773. The molecule has 0 fully saturated rings.